The first-order chi connectivity index (χ1) is 9.86. The summed E-state index contributed by atoms with van der Waals surface area (Å²) >= 11 is 7.52. The number of methoxy groups -OCH3 is 1. The molecule has 0 fully saturated rings. The zero-order valence-electron chi connectivity index (χ0n) is 10.5. The molecule has 0 aliphatic carbocycles. The van der Waals surface area contributed by atoms with Gasteiger partial charge in [0, 0.05) is 0 Å². The molecule has 0 saturated carbocycles. The van der Waals surface area contributed by atoms with Gasteiger partial charge in [0.2, 0.25) is 0 Å². The lowest BCUT2D eigenvalue weighted by atomic mass is 10.1. The molecule has 0 atom stereocenters. The SMILES string of the molecule is COc1c(Cl)ccc(-c2nc(N)c(I)c(C(=O)O)n2)c1F. The predicted molar refractivity (Wildman–Crippen MR) is 83.1 cm³/mol. The van der Waals surface area contributed by atoms with E-state index in [1.165, 1.54) is 19.2 Å². The third-order valence-corrected chi connectivity index (χ3v) is 3.93. The molecule has 0 saturated heterocycles. The Morgan fingerprint density at radius 2 is 2.14 bits per heavy atom. The molecule has 21 heavy (non-hydrogen) atoms. The van der Waals surface area contributed by atoms with Crippen molar-refractivity contribution in [3.8, 4) is 17.1 Å². The van der Waals surface area contributed by atoms with Crippen LogP contribution < -0.4 is 10.5 Å². The van der Waals surface area contributed by atoms with Gasteiger partial charge >= 0.3 is 5.97 Å². The number of halogens is 3. The van der Waals surface area contributed by atoms with Crippen LogP contribution in [-0.2, 0) is 0 Å². The summed E-state index contributed by atoms with van der Waals surface area (Å²) in [4.78, 5) is 18.9. The Morgan fingerprint density at radius 3 is 2.71 bits per heavy atom. The monoisotopic (exact) mass is 423 g/mol. The van der Waals surface area contributed by atoms with E-state index in [2.05, 4.69) is 9.97 Å². The van der Waals surface area contributed by atoms with Crippen LogP contribution in [0.1, 0.15) is 10.5 Å². The number of aromatic nitrogens is 2. The zero-order valence-corrected chi connectivity index (χ0v) is 13.4. The molecule has 0 aliphatic rings. The molecular formula is C12H8ClFIN3O3. The third kappa shape index (κ3) is 2.86. The first-order valence-electron chi connectivity index (χ1n) is 5.45. The molecule has 1 heterocycles. The smallest absolute Gasteiger partial charge is 0.355 e. The minimum Gasteiger partial charge on any atom is -0.492 e. The summed E-state index contributed by atoms with van der Waals surface area (Å²) in [7, 11) is 1.26. The maximum Gasteiger partial charge on any atom is 0.355 e. The molecule has 0 aliphatic heterocycles. The van der Waals surface area contributed by atoms with Crippen LogP contribution in [0.2, 0.25) is 5.02 Å². The summed E-state index contributed by atoms with van der Waals surface area (Å²) in [6, 6.07) is 2.73. The molecule has 0 spiro atoms. The highest BCUT2D eigenvalue weighted by atomic mass is 127. The fourth-order valence-corrected chi connectivity index (χ4v) is 2.31. The maximum absolute atomic E-state index is 14.3. The van der Waals surface area contributed by atoms with E-state index >= 15 is 0 Å². The van der Waals surface area contributed by atoms with Crippen molar-refractivity contribution in [3.05, 3.63) is 32.2 Å². The van der Waals surface area contributed by atoms with Gasteiger partial charge in [0.05, 0.1) is 21.3 Å². The second kappa shape index (κ2) is 5.98. The van der Waals surface area contributed by atoms with Crippen molar-refractivity contribution in [2.24, 2.45) is 0 Å². The van der Waals surface area contributed by atoms with Crippen molar-refractivity contribution in [3.63, 3.8) is 0 Å². The third-order valence-electron chi connectivity index (χ3n) is 2.57. The molecule has 3 N–H and O–H groups in total. The molecule has 0 bridgehead atoms. The van der Waals surface area contributed by atoms with Gasteiger partial charge in [0.15, 0.2) is 23.1 Å². The van der Waals surface area contributed by atoms with Crippen LogP contribution in [0.4, 0.5) is 10.2 Å². The van der Waals surface area contributed by atoms with Crippen molar-refractivity contribution in [1.82, 2.24) is 9.97 Å². The van der Waals surface area contributed by atoms with Crippen molar-refractivity contribution in [2.75, 3.05) is 12.8 Å². The summed E-state index contributed by atoms with van der Waals surface area (Å²) in [5.41, 5.74) is 5.29. The number of carbonyl (C=O) groups is 1. The van der Waals surface area contributed by atoms with Crippen molar-refractivity contribution < 1.29 is 19.0 Å². The number of hydrogen-bond donors (Lipinski definition) is 2. The van der Waals surface area contributed by atoms with Crippen LogP contribution >= 0.6 is 34.2 Å². The summed E-state index contributed by atoms with van der Waals surface area (Å²) < 4.78 is 19.3. The van der Waals surface area contributed by atoms with Crippen LogP contribution in [0.3, 0.4) is 0 Å². The number of nitrogens with zero attached hydrogens (tertiary/aromatic N) is 2. The van der Waals surface area contributed by atoms with Gasteiger partial charge in [0.25, 0.3) is 0 Å². The Balaban J connectivity index is 2.71. The lowest BCUT2D eigenvalue weighted by Gasteiger charge is -2.10. The Kier molecular flexibility index (Phi) is 4.47. The number of hydrogen-bond acceptors (Lipinski definition) is 5. The van der Waals surface area contributed by atoms with Gasteiger partial charge in [-0.25, -0.2) is 19.2 Å². The summed E-state index contributed by atoms with van der Waals surface area (Å²) in [5, 5.41) is 9.16. The summed E-state index contributed by atoms with van der Waals surface area (Å²) in [5.74, 6) is -2.45. The molecule has 9 heteroatoms. The van der Waals surface area contributed by atoms with E-state index in [0.29, 0.717) is 0 Å². The van der Waals surface area contributed by atoms with Gasteiger partial charge in [-0.1, -0.05) is 11.6 Å². The van der Waals surface area contributed by atoms with E-state index < -0.39 is 11.8 Å². The van der Waals surface area contributed by atoms with E-state index in [9.17, 15) is 9.18 Å². The number of nitrogen functional groups attached to an aromatic ring is 1. The molecule has 2 aromatic rings. The van der Waals surface area contributed by atoms with E-state index in [0.717, 1.165) is 0 Å². The largest absolute Gasteiger partial charge is 0.492 e. The zero-order chi connectivity index (χ0) is 15.7. The number of rotatable bonds is 3. The van der Waals surface area contributed by atoms with Gasteiger partial charge in [0.1, 0.15) is 5.82 Å². The lowest BCUT2D eigenvalue weighted by molar-refractivity contribution is 0.0689. The lowest BCUT2D eigenvalue weighted by Crippen LogP contribution is -2.10. The number of aromatic carboxylic acids is 1. The number of anilines is 1. The normalized spacial score (nSPS) is 10.5. The number of ether oxygens (including phenoxy) is 1. The molecule has 2 rings (SSSR count). The van der Waals surface area contributed by atoms with Crippen molar-refractivity contribution in [1.29, 1.82) is 0 Å². The highest BCUT2D eigenvalue weighted by Gasteiger charge is 2.21. The predicted octanol–water partition coefficient (Wildman–Crippen LogP) is 2.83. The quantitative estimate of drug-likeness (QED) is 0.737. The van der Waals surface area contributed by atoms with E-state index in [1.54, 1.807) is 22.6 Å². The average Bonchev–Trinajstić information content (AvgIpc) is 2.42. The maximum atomic E-state index is 14.3. The second-order valence-corrected chi connectivity index (χ2v) is 5.33. The molecule has 6 nitrogen and oxygen atoms in total. The molecule has 0 unspecified atom stereocenters. The van der Waals surface area contributed by atoms with Crippen LogP contribution in [0, 0.1) is 9.39 Å². The molecule has 110 valence electrons. The van der Waals surface area contributed by atoms with Crippen LogP contribution in [0.25, 0.3) is 11.4 Å². The van der Waals surface area contributed by atoms with Crippen LogP contribution in [0.5, 0.6) is 5.75 Å². The summed E-state index contributed by atoms with van der Waals surface area (Å²) in [6.45, 7) is 0. The molecule has 0 radical (unpaired) electrons. The van der Waals surface area contributed by atoms with Gasteiger partial charge in [-0.15, -0.1) is 0 Å². The highest BCUT2D eigenvalue weighted by molar-refractivity contribution is 14.1. The van der Waals surface area contributed by atoms with E-state index in [4.69, 9.17) is 27.2 Å². The summed E-state index contributed by atoms with van der Waals surface area (Å²) in [6.07, 6.45) is 0. The highest BCUT2D eigenvalue weighted by Crippen LogP contribution is 2.34. The Morgan fingerprint density at radius 1 is 1.48 bits per heavy atom. The topological polar surface area (TPSA) is 98.3 Å². The molecule has 1 aromatic carbocycles. The van der Waals surface area contributed by atoms with E-state index in [1.807, 2.05) is 0 Å². The standard InChI is InChI=1S/C12H8ClFIN3O3/c1-21-9-5(13)3-2-4(6(9)14)11-17-8(12(19)20)7(15)10(16)18-11/h2-3H,1H3,(H,19,20)(H2,16,17,18). The number of carboxylic acid groups (broad SMARTS) is 1. The van der Waals surface area contributed by atoms with Crippen molar-refractivity contribution >= 4 is 46.0 Å². The fourth-order valence-electron chi connectivity index (χ4n) is 1.62. The van der Waals surface area contributed by atoms with Crippen LogP contribution in [-0.4, -0.2) is 28.2 Å². The molecular weight excluding hydrogens is 416 g/mol. The first-order valence-corrected chi connectivity index (χ1v) is 6.91. The first kappa shape index (κ1) is 15.7. The number of carboxylic acids is 1. The van der Waals surface area contributed by atoms with Crippen LogP contribution in [0.15, 0.2) is 12.1 Å². The molecule has 0 amide bonds. The Labute approximate surface area is 137 Å². The number of nitrogens with two attached hydrogens (primary N) is 1. The van der Waals surface area contributed by atoms with Crippen molar-refractivity contribution in [2.45, 2.75) is 0 Å². The average molecular weight is 424 g/mol. The Hall–Kier alpha value is -1.68. The minimum atomic E-state index is -1.28. The van der Waals surface area contributed by atoms with Gasteiger partial charge < -0.3 is 15.6 Å². The van der Waals surface area contributed by atoms with Gasteiger partial charge in [-0.05, 0) is 34.7 Å². The fraction of sp³-hybridized carbons (Fsp3) is 0.0833. The van der Waals surface area contributed by atoms with E-state index in [-0.39, 0.29) is 37.2 Å². The molecule has 1 aromatic heterocycles. The minimum absolute atomic E-state index is 0.0497. The second-order valence-electron chi connectivity index (χ2n) is 3.84. The number of benzene rings is 1. The van der Waals surface area contributed by atoms with Gasteiger partial charge in [-0.2, -0.15) is 0 Å². The Bertz CT molecular complexity index is 742. The van der Waals surface area contributed by atoms with Gasteiger partial charge in [-0.3, -0.25) is 0 Å².